The maximum Gasteiger partial charge on any atom is 0.246 e. The third-order valence-electron chi connectivity index (χ3n) is 13.6. The van der Waals surface area contributed by atoms with Crippen LogP contribution in [-0.2, 0) is 48.0 Å². The molecule has 0 fully saturated rings. The molecular weight excluding hydrogens is 959 g/mol. The van der Waals surface area contributed by atoms with Gasteiger partial charge in [0, 0.05) is 29.0 Å². The molecular formula is C59H69N3O11S. The van der Waals surface area contributed by atoms with Crippen LogP contribution in [0.3, 0.4) is 0 Å². The summed E-state index contributed by atoms with van der Waals surface area (Å²) < 4.78 is 36.4. The molecule has 0 bridgehead atoms. The third-order valence-corrected chi connectivity index (χ3v) is 14.8. The molecule has 0 radical (unpaired) electrons. The van der Waals surface area contributed by atoms with Crippen LogP contribution in [0.15, 0.2) is 109 Å². The number of carbonyl (C=O) groups is 3. The number of carbonyl (C=O) groups excluding carboxylic acids is 3. The number of rotatable bonds is 23. The molecule has 6 aromatic rings. The highest BCUT2D eigenvalue weighted by Gasteiger charge is 2.43. The summed E-state index contributed by atoms with van der Waals surface area (Å²) in [6.07, 6.45) is 3.75. The van der Waals surface area contributed by atoms with E-state index >= 15 is 0 Å². The van der Waals surface area contributed by atoms with E-state index in [9.17, 15) is 24.6 Å². The van der Waals surface area contributed by atoms with Crippen LogP contribution < -0.4 is 24.8 Å². The Morgan fingerprint density at radius 1 is 0.730 bits per heavy atom. The number of benzene rings is 5. The second-order valence-corrected chi connectivity index (χ2v) is 21.0. The number of aromatic hydroxyl groups is 2. The molecule has 4 atom stereocenters. The summed E-state index contributed by atoms with van der Waals surface area (Å²) in [6, 6.07) is 31.8. The molecule has 15 heteroatoms. The number of thiophene rings is 1. The molecule has 0 spiro atoms. The Hall–Kier alpha value is -6.65. The Balaban J connectivity index is 0.751. The predicted molar refractivity (Wildman–Crippen MR) is 286 cm³/mol. The molecule has 1 aromatic heterocycles. The van der Waals surface area contributed by atoms with Crippen molar-refractivity contribution < 1.29 is 53.0 Å². The molecule has 1 aliphatic heterocycles. The number of phenols is 2. The number of aryl methyl sites for hydroxylation is 1. The zero-order valence-corrected chi connectivity index (χ0v) is 43.8. The van der Waals surface area contributed by atoms with Gasteiger partial charge in [-0.1, -0.05) is 65.0 Å². The number of nitrogens with zero attached hydrogens (tertiary/aromatic N) is 1. The van der Waals surface area contributed by atoms with E-state index in [0.717, 1.165) is 56.5 Å². The Labute approximate surface area is 437 Å². The van der Waals surface area contributed by atoms with Crippen molar-refractivity contribution >= 4 is 39.1 Å². The molecule has 392 valence electrons. The van der Waals surface area contributed by atoms with Crippen molar-refractivity contribution in [2.75, 3.05) is 52.9 Å². The summed E-state index contributed by atoms with van der Waals surface area (Å²) >= 11 is 1.51. The molecule has 5 aromatic carbocycles. The summed E-state index contributed by atoms with van der Waals surface area (Å²) in [4.78, 5) is 44.8. The fourth-order valence-electron chi connectivity index (χ4n) is 9.24. The molecule has 0 saturated carbocycles. The molecule has 74 heavy (non-hydrogen) atoms. The molecule has 1 aliphatic carbocycles. The Morgan fingerprint density at radius 3 is 2.05 bits per heavy atom. The van der Waals surface area contributed by atoms with Gasteiger partial charge in [0.15, 0.2) is 5.75 Å². The first-order valence-corrected chi connectivity index (χ1v) is 26.5. The third kappa shape index (κ3) is 13.7. The number of phenolic OH excluding ortho intramolecular Hbond substituents is 2. The highest BCUT2D eigenvalue weighted by molar-refractivity contribution is 7.22. The van der Waals surface area contributed by atoms with Crippen LogP contribution in [0.2, 0.25) is 0 Å². The summed E-state index contributed by atoms with van der Waals surface area (Å²) in [6.45, 7) is 12.8. The van der Waals surface area contributed by atoms with E-state index in [0.29, 0.717) is 88.7 Å². The summed E-state index contributed by atoms with van der Waals surface area (Å²) in [5.41, 5.74) is 4.51. The molecule has 4 N–H and O–H groups in total. The van der Waals surface area contributed by atoms with E-state index in [2.05, 4.69) is 22.8 Å². The summed E-state index contributed by atoms with van der Waals surface area (Å²) in [5.74, 6) is 2.04. The van der Waals surface area contributed by atoms with E-state index in [-0.39, 0.29) is 47.7 Å². The number of hydrogen-bond donors (Lipinski definition) is 4. The normalized spacial score (nSPS) is 16.1. The number of fused-ring (bicyclic) bond motifs is 3. The summed E-state index contributed by atoms with van der Waals surface area (Å²) in [5, 5.41) is 27.1. The molecule has 8 rings (SSSR count). The van der Waals surface area contributed by atoms with Crippen LogP contribution >= 0.6 is 11.3 Å². The average Bonchev–Trinajstić information content (AvgIpc) is 3.75. The minimum absolute atomic E-state index is 0.140. The molecule has 14 nitrogen and oxygen atoms in total. The van der Waals surface area contributed by atoms with Crippen LogP contribution in [0.1, 0.15) is 82.2 Å². The minimum atomic E-state index is -0.837. The van der Waals surface area contributed by atoms with Gasteiger partial charge in [-0.05, 0) is 138 Å². The van der Waals surface area contributed by atoms with Crippen molar-refractivity contribution in [3.8, 4) is 44.9 Å². The van der Waals surface area contributed by atoms with E-state index < -0.39 is 17.5 Å². The minimum Gasteiger partial charge on any atom is -0.508 e. The lowest BCUT2D eigenvalue weighted by molar-refractivity contribution is -0.147. The first-order valence-electron chi connectivity index (χ1n) is 25.7. The lowest BCUT2D eigenvalue weighted by Crippen LogP contribution is -2.61. The Morgan fingerprint density at radius 2 is 1.36 bits per heavy atom. The fraction of sp³-hybridized carbons (Fsp3) is 0.407. The second kappa shape index (κ2) is 25.1. The number of amides is 3. The molecule has 3 amide bonds. The monoisotopic (exact) mass is 1030 g/mol. The van der Waals surface area contributed by atoms with Gasteiger partial charge >= 0.3 is 0 Å². The number of hydrogen-bond acceptors (Lipinski definition) is 12. The van der Waals surface area contributed by atoms with Crippen molar-refractivity contribution in [1.82, 2.24) is 15.5 Å². The van der Waals surface area contributed by atoms with Crippen molar-refractivity contribution in [3.05, 3.63) is 131 Å². The van der Waals surface area contributed by atoms with Crippen molar-refractivity contribution in [1.29, 1.82) is 0 Å². The van der Waals surface area contributed by atoms with Gasteiger partial charge in [-0.2, -0.15) is 0 Å². The lowest BCUT2D eigenvalue weighted by atomic mass is 9.83. The zero-order chi connectivity index (χ0) is 52.2. The van der Waals surface area contributed by atoms with E-state index in [1.165, 1.54) is 16.9 Å². The molecule has 1 unspecified atom stereocenters. The van der Waals surface area contributed by atoms with Gasteiger partial charge in [-0.15, -0.1) is 11.3 Å². The number of ether oxygens (including phenoxy) is 6. The first-order chi connectivity index (χ1) is 35.7. The van der Waals surface area contributed by atoms with E-state index in [4.69, 9.17) is 28.4 Å². The Bertz CT molecular complexity index is 2840. The van der Waals surface area contributed by atoms with Crippen LogP contribution in [0, 0.1) is 11.3 Å². The largest absolute Gasteiger partial charge is 0.508 e. The van der Waals surface area contributed by atoms with Crippen LogP contribution in [0.4, 0.5) is 0 Å². The van der Waals surface area contributed by atoms with Gasteiger partial charge in [-0.3, -0.25) is 14.4 Å². The van der Waals surface area contributed by atoms with Crippen LogP contribution in [0.5, 0.6) is 34.5 Å². The molecule has 0 saturated heterocycles. The molecule has 2 aliphatic rings. The van der Waals surface area contributed by atoms with Crippen LogP contribution in [-0.4, -0.2) is 97.8 Å². The second-order valence-electron chi connectivity index (χ2n) is 20.0. The van der Waals surface area contributed by atoms with E-state index in [1.54, 1.807) is 29.2 Å². The zero-order valence-electron chi connectivity index (χ0n) is 43.0. The van der Waals surface area contributed by atoms with Gasteiger partial charge in [0.2, 0.25) is 17.7 Å². The van der Waals surface area contributed by atoms with Gasteiger partial charge in [0.1, 0.15) is 54.0 Å². The van der Waals surface area contributed by atoms with Gasteiger partial charge in [0.05, 0.1) is 50.6 Å². The average molecular weight is 1030 g/mol. The maximum absolute atomic E-state index is 14.7. The van der Waals surface area contributed by atoms with Gasteiger partial charge in [-0.25, -0.2) is 0 Å². The lowest BCUT2D eigenvalue weighted by Gasteiger charge is -2.42. The summed E-state index contributed by atoms with van der Waals surface area (Å²) in [7, 11) is 0. The highest BCUT2D eigenvalue weighted by atomic mass is 32.1. The Kier molecular flexibility index (Phi) is 18.2. The van der Waals surface area contributed by atoms with Crippen molar-refractivity contribution in [3.63, 3.8) is 0 Å². The first kappa shape index (κ1) is 53.6. The quantitative estimate of drug-likeness (QED) is 0.0450. The molecule has 2 heterocycles. The van der Waals surface area contributed by atoms with Crippen molar-refractivity contribution in [2.24, 2.45) is 11.3 Å². The van der Waals surface area contributed by atoms with E-state index in [1.807, 2.05) is 107 Å². The highest BCUT2D eigenvalue weighted by Crippen LogP contribution is 2.47. The topological polar surface area (TPSA) is 174 Å². The van der Waals surface area contributed by atoms with Gasteiger partial charge in [0.25, 0.3) is 0 Å². The maximum atomic E-state index is 14.7. The number of nitrogens with one attached hydrogen (secondary N) is 2. The smallest absolute Gasteiger partial charge is 0.246 e. The van der Waals surface area contributed by atoms with Crippen molar-refractivity contribution in [2.45, 2.75) is 91.4 Å². The fourth-order valence-corrected chi connectivity index (χ4v) is 10.4. The SMILES string of the molecule is CC[C@@H](C)C(=O)N[C@H](C(=O)N1Cc2cc(OCCOCCOCCOCCOc3ccc(Oc4c(-c5ccc(O)cc5)sc5cc(O)ccc45)cc3)ccc2CC1C(=O)N[C@@H]1CCCc2ccccc21)C(C)(C)C. The van der Waals surface area contributed by atoms with Gasteiger partial charge < -0.3 is 54.2 Å². The van der Waals surface area contributed by atoms with Crippen LogP contribution in [0.25, 0.3) is 20.5 Å². The predicted octanol–water partition coefficient (Wildman–Crippen LogP) is 10.3. The standard InChI is InChI=1S/C59H69N3O11S/c1-6-38(2)56(65)61-55(59(3,4)5)58(67)62-37-42-34-47(20-16-41(42)35-51(62)57(66)60-50-13-9-11-39-10-7-8-12-48(39)50)72-33-31-70-29-27-68-26-28-69-30-32-71-45-21-23-46(24-22-45)73-53-49-25-19-44(64)36-52(49)74-54(53)40-14-17-43(63)18-15-40/h7-8,10,12,14-25,34,36,38,50-51,55,63-64H,6,9,11,13,26-33,35,37H2,1-5H3,(H,60,66)(H,61,65)/t38-,50-,51?,55-/m1/s1.